The molecule has 1 saturated heterocycles. The second-order valence-corrected chi connectivity index (χ2v) is 4.81. The van der Waals surface area contributed by atoms with E-state index in [1.54, 1.807) is 12.1 Å². The van der Waals surface area contributed by atoms with Gasteiger partial charge in [-0.2, -0.15) is 0 Å². The van der Waals surface area contributed by atoms with Gasteiger partial charge in [0.15, 0.2) is 0 Å². The number of benzene rings is 1. The van der Waals surface area contributed by atoms with Crippen molar-refractivity contribution < 1.29 is 19.2 Å². The first-order valence-electron chi connectivity index (χ1n) is 6.36. The number of nitrogens with zero attached hydrogens (tertiary/aromatic N) is 2. The summed E-state index contributed by atoms with van der Waals surface area (Å²) in [7, 11) is 0. The van der Waals surface area contributed by atoms with Crippen molar-refractivity contribution in [2.75, 3.05) is 0 Å². The molecule has 1 fully saturated rings. The van der Waals surface area contributed by atoms with Crippen molar-refractivity contribution in [1.29, 1.82) is 0 Å². The summed E-state index contributed by atoms with van der Waals surface area (Å²) in [6, 6.07) is 3.72. The number of fused-ring (bicyclic) bond motifs is 1. The van der Waals surface area contributed by atoms with Gasteiger partial charge in [0.25, 0.3) is 11.8 Å². The molecule has 0 aromatic heterocycles. The largest absolute Gasteiger partial charge is 0.295 e. The molecule has 1 unspecified atom stereocenters. The van der Waals surface area contributed by atoms with Crippen LogP contribution in [0.3, 0.4) is 0 Å². The Labute approximate surface area is 119 Å². The Morgan fingerprint density at radius 3 is 2.62 bits per heavy atom. The van der Waals surface area contributed by atoms with E-state index in [0.29, 0.717) is 5.69 Å². The zero-order valence-electron chi connectivity index (χ0n) is 11.0. The maximum absolute atomic E-state index is 12.5. The van der Waals surface area contributed by atoms with Crippen LogP contribution < -0.4 is 5.32 Å². The van der Waals surface area contributed by atoms with Gasteiger partial charge in [0.05, 0.1) is 16.8 Å². The van der Waals surface area contributed by atoms with Gasteiger partial charge in [-0.05, 0) is 25.3 Å². The molecule has 1 aromatic carbocycles. The van der Waals surface area contributed by atoms with E-state index in [4.69, 9.17) is 0 Å². The SMILES string of the molecule is C=Nc1cccc2c1C(=O)N(C1CCC(=O)NC1=O)C2=O. The molecule has 1 atom stereocenters. The first-order chi connectivity index (χ1) is 10.0. The van der Waals surface area contributed by atoms with Crippen LogP contribution in [0.4, 0.5) is 5.69 Å². The molecule has 4 amide bonds. The van der Waals surface area contributed by atoms with Crippen molar-refractivity contribution in [3.05, 3.63) is 29.3 Å². The Morgan fingerprint density at radius 1 is 1.19 bits per heavy atom. The highest BCUT2D eigenvalue weighted by molar-refractivity contribution is 6.25. The molecule has 1 aromatic rings. The minimum atomic E-state index is -0.965. The van der Waals surface area contributed by atoms with E-state index >= 15 is 0 Å². The summed E-state index contributed by atoms with van der Waals surface area (Å²) < 4.78 is 0. The molecule has 0 radical (unpaired) electrons. The second kappa shape index (κ2) is 4.62. The summed E-state index contributed by atoms with van der Waals surface area (Å²) in [6.07, 6.45) is 0.226. The highest BCUT2D eigenvalue weighted by atomic mass is 16.2. The molecule has 2 aliphatic heterocycles. The zero-order valence-corrected chi connectivity index (χ0v) is 11.0. The molecule has 0 saturated carbocycles. The number of hydrogen-bond acceptors (Lipinski definition) is 5. The standard InChI is InChI=1S/C14H11N3O4/c1-15-8-4-2-3-7-11(8)14(21)17(13(7)20)9-5-6-10(18)16-12(9)19/h2-4,9H,1,5-6H2,(H,16,18,19). The molecular weight excluding hydrogens is 274 g/mol. The minimum absolute atomic E-state index is 0.0936. The van der Waals surface area contributed by atoms with E-state index in [2.05, 4.69) is 17.0 Å². The van der Waals surface area contributed by atoms with Crippen LogP contribution in [0.5, 0.6) is 0 Å². The van der Waals surface area contributed by atoms with Crippen LogP contribution >= 0.6 is 0 Å². The van der Waals surface area contributed by atoms with Gasteiger partial charge in [0.2, 0.25) is 11.8 Å². The highest BCUT2D eigenvalue weighted by Gasteiger charge is 2.45. The van der Waals surface area contributed by atoms with Crippen LogP contribution in [-0.4, -0.2) is 41.3 Å². The zero-order chi connectivity index (χ0) is 15.1. The Morgan fingerprint density at radius 2 is 1.95 bits per heavy atom. The van der Waals surface area contributed by atoms with Crippen molar-refractivity contribution >= 4 is 36.0 Å². The lowest BCUT2D eigenvalue weighted by Crippen LogP contribution is -2.54. The van der Waals surface area contributed by atoms with Crippen molar-refractivity contribution in [2.24, 2.45) is 4.99 Å². The van der Waals surface area contributed by atoms with E-state index in [1.807, 2.05) is 0 Å². The van der Waals surface area contributed by atoms with E-state index < -0.39 is 29.7 Å². The Balaban J connectivity index is 2.02. The molecule has 7 heteroatoms. The third kappa shape index (κ3) is 1.85. The molecule has 106 valence electrons. The van der Waals surface area contributed by atoms with Gasteiger partial charge in [-0.3, -0.25) is 34.4 Å². The quantitative estimate of drug-likeness (QED) is 0.629. The average molecular weight is 285 g/mol. The van der Waals surface area contributed by atoms with E-state index in [0.717, 1.165) is 4.90 Å². The summed E-state index contributed by atoms with van der Waals surface area (Å²) in [5.74, 6) is -2.15. The van der Waals surface area contributed by atoms with Gasteiger partial charge in [-0.15, -0.1) is 0 Å². The normalized spacial score (nSPS) is 21.3. The smallest absolute Gasteiger partial charge is 0.264 e. The predicted octanol–water partition coefficient (Wildman–Crippen LogP) is 0.420. The number of amides is 4. The fourth-order valence-electron chi connectivity index (χ4n) is 2.63. The van der Waals surface area contributed by atoms with E-state index in [9.17, 15) is 19.2 Å². The maximum Gasteiger partial charge on any atom is 0.264 e. The monoisotopic (exact) mass is 285 g/mol. The highest BCUT2D eigenvalue weighted by Crippen LogP contribution is 2.33. The van der Waals surface area contributed by atoms with E-state index in [1.165, 1.54) is 6.07 Å². The Hall–Kier alpha value is -2.83. The van der Waals surface area contributed by atoms with Crippen LogP contribution in [0, 0.1) is 0 Å². The van der Waals surface area contributed by atoms with Crippen LogP contribution in [-0.2, 0) is 9.59 Å². The number of aliphatic imine (C=N–C) groups is 1. The fourth-order valence-corrected chi connectivity index (χ4v) is 2.63. The van der Waals surface area contributed by atoms with Crippen LogP contribution in [0.2, 0.25) is 0 Å². The summed E-state index contributed by atoms with van der Waals surface area (Å²) in [4.78, 5) is 52.5. The van der Waals surface area contributed by atoms with Gasteiger partial charge in [0, 0.05) is 6.42 Å². The van der Waals surface area contributed by atoms with Crippen molar-refractivity contribution in [1.82, 2.24) is 10.2 Å². The molecule has 21 heavy (non-hydrogen) atoms. The third-order valence-corrected chi connectivity index (χ3v) is 3.62. The number of piperidine rings is 1. The molecule has 1 N–H and O–H groups in total. The van der Waals surface area contributed by atoms with E-state index in [-0.39, 0.29) is 24.0 Å². The molecule has 3 rings (SSSR count). The molecule has 0 bridgehead atoms. The number of carbonyl (C=O) groups excluding carboxylic acids is 4. The lowest BCUT2D eigenvalue weighted by atomic mass is 10.0. The van der Waals surface area contributed by atoms with Gasteiger partial charge in [-0.25, -0.2) is 0 Å². The molecule has 2 aliphatic rings. The second-order valence-electron chi connectivity index (χ2n) is 4.81. The van der Waals surface area contributed by atoms with Gasteiger partial charge >= 0.3 is 0 Å². The van der Waals surface area contributed by atoms with Crippen LogP contribution in [0.1, 0.15) is 33.6 Å². The van der Waals surface area contributed by atoms with Crippen molar-refractivity contribution in [3.63, 3.8) is 0 Å². The number of carbonyl (C=O) groups is 4. The summed E-state index contributed by atoms with van der Waals surface area (Å²) in [6.45, 7) is 3.37. The minimum Gasteiger partial charge on any atom is -0.295 e. The van der Waals surface area contributed by atoms with Crippen LogP contribution in [0.15, 0.2) is 23.2 Å². The summed E-state index contributed by atoms with van der Waals surface area (Å²) in [5.41, 5.74) is 0.664. The predicted molar refractivity (Wildman–Crippen MR) is 72.3 cm³/mol. The maximum atomic E-state index is 12.5. The van der Waals surface area contributed by atoms with Gasteiger partial charge < -0.3 is 0 Å². The van der Waals surface area contributed by atoms with Crippen LogP contribution in [0.25, 0.3) is 0 Å². The van der Waals surface area contributed by atoms with Gasteiger partial charge in [0.1, 0.15) is 6.04 Å². The van der Waals surface area contributed by atoms with Crippen molar-refractivity contribution in [2.45, 2.75) is 18.9 Å². The topological polar surface area (TPSA) is 95.9 Å². The molecular formula is C14H11N3O4. The lowest BCUT2D eigenvalue weighted by molar-refractivity contribution is -0.136. The molecule has 0 aliphatic carbocycles. The molecule has 2 heterocycles. The summed E-state index contributed by atoms with van der Waals surface area (Å²) in [5, 5.41) is 2.14. The number of nitrogens with one attached hydrogen (secondary N) is 1. The average Bonchev–Trinajstić information content (AvgIpc) is 2.72. The number of imide groups is 2. The fraction of sp³-hybridized carbons (Fsp3) is 0.214. The lowest BCUT2D eigenvalue weighted by Gasteiger charge is -2.27. The van der Waals surface area contributed by atoms with Crippen molar-refractivity contribution in [3.8, 4) is 0 Å². The molecule has 0 spiro atoms. The first-order valence-corrected chi connectivity index (χ1v) is 6.36. The number of hydrogen-bond donors (Lipinski definition) is 1. The Bertz CT molecular complexity index is 710. The summed E-state index contributed by atoms with van der Waals surface area (Å²) >= 11 is 0. The third-order valence-electron chi connectivity index (χ3n) is 3.62. The first kappa shape index (κ1) is 13.2. The Kier molecular flexibility index (Phi) is 2.90. The van der Waals surface area contributed by atoms with Gasteiger partial charge in [-0.1, -0.05) is 6.07 Å². The number of rotatable bonds is 2. The molecule has 7 nitrogen and oxygen atoms in total.